The number of hydrogen-bond donors (Lipinski definition) is 1. The number of rotatable bonds is 5. The Balaban J connectivity index is 1.56. The van der Waals surface area contributed by atoms with Gasteiger partial charge in [-0.3, -0.25) is 4.79 Å². The number of nitrogens with zero attached hydrogens (tertiary/aromatic N) is 8. The van der Waals surface area contributed by atoms with Crippen LogP contribution in [0.5, 0.6) is 0 Å². The van der Waals surface area contributed by atoms with Gasteiger partial charge >= 0.3 is 12.4 Å². The van der Waals surface area contributed by atoms with E-state index in [0.717, 1.165) is 12.4 Å². The van der Waals surface area contributed by atoms with E-state index in [1.165, 1.54) is 11.0 Å². The average molecular weight is 536 g/mol. The summed E-state index contributed by atoms with van der Waals surface area (Å²) in [5.41, 5.74) is -0.283. The van der Waals surface area contributed by atoms with Gasteiger partial charge in [-0.1, -0.05) is 11.3 Å². The molecule has 10 nitrogen and oxygen atoms in total. The molecule has 1 fully saturated rings. The van der Waals surface area contributed by atoms with Crippen LogP contribution >= 0.6 is 11.3 Å². The number of amides is 1. The molecular weight excluding hydrogens is 518 g/mol. The van der Waals surface area contributed by atoms with Gasteiger partial charge in [0.1, 0.15) is 30.2 Å². The van der Waals surface area contributed by atoms with Crippen LogP contribution in [0.4, 0.5) is 31.3 Å². The van der Waals surface area contributed by atoms with Gasteiger partial charge in [0.15, 0.2) is 5.82 Å². The average Bonchev–Trinajstić information content (AvgIpc) is 3.45. The molecule has 1 saturated heterocycles. The Morgan fingerprint density at radius 1 is 1.11 bits per heavy atom. The third-order valence-electron chi connectivity index (χ3n) is 5.29. The number of carbonyl (C=O) groups excluding carboxylic acids is 1. The Labute approximate surface area is 203 Å². The number of halogens is 6. The molecule has 36 heavy (non-hydrogen) atoms. The number of thiazole rings is 1. The summed E-state index contributed by atoms with van der Waals surface area (Å²) in [7, 11) is 0. The number of hydrogen-bond acceptors (Lipinski definition) is 9. The largest absolute Gasteiger partial charge is 0.451 e. The molecule has 3 aromatic heterocycles. The van der Waals surface area contributed by atoms with Gasteiger partial charge in [-0.25, -0.2) is 24.6 Å². The molecule has 0 unspecified atom stereocenters. The number of aliphatic hydroxyl groups excluding tert-OH is 1. The molecule has 1 amide bonds. The third-order valence-corrected chi connectivity index (χ3v) is 6.45. The lowest BCUT2D eigenvalue weighted by atomic mass is 10.1. The highest BCUT2D eigenvalue weighted by Crippen LogP contribution is 2.43. The lowest BCUT2D eigenvalue weighted by Gasteiger charge is -2.40. The fourth-order valence-electron chi connectivity index (χ4n) is 3.66. The first-order chi connectivity index (χ1) is 16.9. The molecule has 1 N–H and O–H groups in total. The molecule has 0 aliphatic carbocycles. The maximum absolute atomic E-state index is 13.4. The molecule has 0 bridgehead atoms. The Morgan fingerprint density at radius 3 is 2.36 bits per heavy atom. The third kappa shape index (κ3) is 5.40. The van der Waals surface area contributed by atoms with Gasteiger partial charge in [-0.15, -0.1) is 0 Å². The number of anilines is 1. The van der Waals surface area contributed by atoms with Crippen LogP contribution in [-0.2, 0) is 30.3 Å². The number of carbonyl (C=O) groups is 1. The van der Waals surface area contributed by atoms with Crippen LogP contribution in [0.25, 0.3) is 11.3 Å². The highest BCUT2D eigenvalue weighted by Gasteiger charge is 2.39. The van der Waals surface area contributed by atoms with Crippen LogP contribution in [0, 0.1) is 0 Å². The molecule has 194 valence electrons. The second-order valence-corrected chi connectivity index (χ2v) is 8.84. The second-order valence-electron chi connectivity index (χ2n) is 7.86. The predicted molar refractivity (Wildman–Crippen MR) is 112 cm³/mol. The van der Waals surface area contributed by atoms with E-state index in [1.54, 1.807) is 16.7 Å². The van der Waals surface area contributed by atoms with Crippen molar-refractivity contribution in [3.05, 3.63) is 35.4 Å². The summed E-state index contributed by atoms with van der Waals surface area (Å²) in [5, 5.41) is 11.9. The zero-order chi connectivity index (χ0) is 26.3. The molecule has 0 spiro atoms. The SMILES string of the molecule is C[C@@H]1CN(c2sc(C(F)(F)F)nc2-c2cnc(C(F)(F)F)nc2)CCN1C(=O)Cn1cnc(CO)n1. The van der Waals surface area contributed by atoms with Crippen molar-refractivity contribution in [2.75, 3.05) is 24.5 Å². The van der Waals surface area contributed by atoms with E-state index >= 15 is 0 Å². The van der Waals surface area contributed by atoms with Crippen molar-refractivity contribution in [3.63, 3.8) is 0 Å². The number of aliphatic hydroxyl groups is 1. The van der Waals surface area contributed by atoms with Crippen molar-refractivity contribution in [1.82, 2.24) is 34.6 Å². The Kier molecular flexibility index (Phi) is 6.87. The van der Waals surface area contributed by atoms with E-state index in [4.69, 9.17) is 5.11 Å². The smallest absolute Gasteiger partial charge is 0.388 e. The molecule has 4 rings (SSSR count). The van der Waals surface area contributed by atoms with Crippen molar-refractivity contribution in [1.29, 1.82) is 0 Å². The minimum Gasteiger partial charge on any atom is -0.388 e. The molecule has 1 aliphatic heterocycles. The summed E-state index contributed by atoms with van der Waals surface area (Å²) in [4.78, 5) is 29.8. The number of aromatic nitrogens is 6. The minimum atomic E-state index is -4.80. The molecular formula is C19H18F6N8O2S. The van der Waals surface area contributed by atoms with Crippen molar-refractivity contribution in [2.24, 2.45) is 0 Å². The first-order valence-corrected chi connectivity index (χ1v) is 11.2. The van der Waals surface area contributed by atoms with Gasteiger partial charge in [0.25, 0.3) is 0 Å². The van der Waals surface area contributed by atoms with Crippen LogP contribution < -0.4 is 4.90 Å². The van der Waals surface area contributed by atoms with Crippen molar-refractivity contribution >= 4 is 22.2 Å². The number of alkyl halides is 6. The highest BCUT2D eigenvalue weighted by molar-refractivity contribution is 7.16. The van der Waals surface area contributed by atoms with Crippen molar-refractivity contribution in [2.45, 2.75) is 38.5 Å². The lowest BCUT2D eigenvalue weighted by Crippen LogP contribution is -2.54. The van der Waals surface area contributed by atoms with E-state index in [0.29, 0.717) is 11.3 Å². The first-order valence-electron chi connectivity index (χ1n) is 10.4. The molecule has 4 heterocycles. The predicted octanol–water partition coefficient (Wildman–Crippen LogP) is 2.46. The summed E-state index contributed by atoms with van der Waals surface area (Å²) >= 11 is 0.360. The molecule has 0 aromatic carbocycles. The van der Waals surface area contributed by atoms with E-state index in [2.05, 4.69) is 25.0 Å². The molecule has 1 atom stereocenters. The molecule has 1 aliphatic rings. The maximum Gasteiger partial charge on any atom is 0.451 e. The Bertz CT molecular complexity index is 1230. The van der Waals surface area contributed by atoms with E-state index in [1.807, 2.05) is 0 Å². The van der Waals surface area contributed by atoms with Gasteiger partial charge in [0, 0.05) is 43.6 Å². The van der Waals surface area contributed by atoms with Crippen molar-refractivity contribution in [3.8, 4) is 11.3 Å². The maximum atomic E-state index is 13.4. The molecule has 3 aromatic rings. The molecule has 17 heteroatoms. The standard InChI is InChI=1S/C19H18F6N8O2S/c1-10-6-31(2-3-33(10)13(35)7-32-9-28-12(8-34)30-32)15-14(29-17(36-15)19(23,24)25)11-4-26-16(27-5-11)18(20,21)22/h4-5,9-10,34H,2-3,6-8H2,1H3/t10-/m1/s1. The first kappa shape index (κ1) is 25.7. The summed E-state index contributed by atoms with van der Waals surface area (Å²) in [6.45, 7) is 1.69. The van der Waals surface area contributed by atoms with Gasteiger partial charge in [0.05, 0.1) is 0 Å². The summed E-state index contributed by atoms with van der Waals surface area (Å²) in [6.07, 6.45) is -6.68. The number of piperazine rings is 1. The van der Waals surface area contributed by atoms with Gasteiger partial charge in [-0.2, -0.15) is 31.4 Å². The Hall–Kier alpha value is -3.34. The van der Waals surface area contributed by atoms with E-state index in [9.17, 15) is 31.1 Å². The zero-order valence-corrected chi connectivity index (χ0v) is 19.3. The Morgan fingerprint density at radius 2 is 1.81 bits per heavy atom. The van der Waals surface area contributed by atoms with Gasteiger partial charge < -0.3 is 14.9 Å². The van der Waals surface area contributed by atoms with Gasteiger partial charge in [-0.05, 0) is 6.92 Å². The fraction of sp³-hybridized carbons (Fsp3) is 0.474. The zero-order valence-electron chi connectivity index (χ0n) is 18.5. The lowest BCUT2D eigenvalue weighted by molar-refractivity contribution is -0.145. The summed E-state index contributed by atoms with van der Waals surface area (Å²) in [5.74, 6) is -1.56. The summed E-state index contributed by atoms with van der Waals surface area (Å²) < 4.78 is 80.0. The van der Waals surface area contributed by atoms with Gasteiger partial charge in [0.2, 0.25) is 16.7 Å². The van der Waals surface area contributed by atoms with Crippen LogP contribution in [-0.4, -0.2) is 71.3 Å². The van der Waals surface area contributed by atoms with Crippen LogP contribution in [0.1, 0.15) is 23.6 Å². The quantitative estimate of drug-likeness (QED) is 0.495. The van der Waals surface area contributed by atoms with Crippen LogP contribution in [0.3, 0.4) is 0 Å². The topological polar surface area (TPSA) is 113 Å². The monoisotopic (exact) mass is 536 g/mol. The van der Waals surface area contributed by atoms with Crippen molar-refractivity contribution < 1.29 is 36.2 Å². The molecule has 0 saturated carbocycles. The normalized spacial score (nSPS) is 17.1. The fourth-order valence-corrected chi connectivity index (χ4v) is 4.65. The van der Waals surface area contributed by atoms with Crippen LogP contribution in [0.2, 0.25) is 0 Å². The summed E-state index contributed by atoms with van der Waals surface area (Å²) in [6, 6.07) is -0.416. The van der Waals surface area contributed by atoms with E-state index in [-0.39, 0.29) is 60.8 Å². The minimum absolute atomic E-state index is 0.0912. The molecule has 0 radical (unpaired) electrons. The van der Waals surface area contributed by atoms with E-state index < -0.39 is 29.2 Å². The highest BCUT2D eigenvalue weighted by atomic mass is 32.1. The second kappa shape index (κ2) is 9.61. The van der Waals surface area contributed by atoms with Crippen LogP contribution in [0.15, 0.2) is 18.7 Å².